The van der Waals surface area contributed by atoms with Crippen molar-refractivity contribution in [2.75, 3.05) is 13.6 Å². The molecule has 4 nitrogen and oxygen atoms in total. The molecule has 1 fully saturated rings. The molecule has 3 N–H and O–H groups in total. The van der Waals surface area contributed by atoms with Gasteiger partial charge in [-0.1, -0.05) is 6.07 Å². The number of hydrogen-bond acceptors (Lipinski definition) is 4. The lowest BCUT2D eigenvalue weighted by Gasteiger charge is -2.42. The maximum Gasteiger partial charge on any atom is 0.237 e. The van der Waals surface area contributed by atoms with E-state index in [2.05, 4.69) is 30.3 Å². The fraction of sp³-hybridized carbons (Fsp3) is 0.615. The lowest BCUT2D eigenvalue weighted by Crippen LogP contribution is -2.62. The van der Waals surface area contributed by atoms with E-state index in [1.807, 2.05) is 11.4 Å². The molecule has 1 aliphatic heterocycles. The molecular weight excluding hydrogens is 246 g/mol. The molecule has 1 aromatic rings. The summed E-state index contributed by atoms with van der Waals surface area (Å²) in [5.74, 6) is -0.223. The number of nitrogens with two attached hydrogens (primary N) is 1. The SMILES string of the molecule is CC1CC(NCc2cccs2)(C(N)=O)CCN1C. The predicted molar refractivity (Wildman–Crippen MR) is 74.4 cm³/mol. The van der Waals surface area contributed by atoms with E-state index in [1.54, 1.807) is 11.3 Å². The zero-order chi connectivity index (χ0) is 13.2. The molecule has 5 heteroatoms. The van der Waals surface area contributed by atoms with Gasteiger partial charge in [-0.3, -0.25) is 10.1 Å². The second-order valence-electron chi connectivity index (χ2n) is 5.16. The number of amides is 1. The topological polar surface area (TPSA) is 58.4 Å². The fourth-order valence-electron chi connectivity index (χ4n) is 2.49. The van der Waals surface area contributed by atoms with Crippen LogP contribution < -0.4 is 11.1 Å². The van der Waals surface area contributed by atoms with Crippen LogP contribution in [0.5, 0.6) is 0 Å². The van der Waals surface area contributed by atoms with Crippen molar-refractivity contribution in [3.63, 3.8) is 0 Å². The number of nitrogens with one attached hydrogen (secondary N) is 1. The molecule has 2 unspecified atom stereocenters. The van der Waals surface area contributed by atoms with Gasteiger partial charge >= 0.3 is 0 Å². The number of carbonyl (C=O) groups excluding carboxylic acids is 1. The van der Waals surface area contributed by atoms with Crippen LogP contribution in [0.3, 0.4) is 0 Å². The average molecular weight is 267 g/mol. The third-order valence-corrected chi connectivity index (χ3v) is 4.82. The zero-order valence-electron chi connectivity index (χ0n) is 11.0. The molecule has 1 amide bonds. The van der Waals surface area contributed by atoms with E-state index < -0.39 is 5.54 Å². The molecule has 0 saturated carbocycles. The summed E-state index contributed by atoms with van der Waals surface area (Å²) in [5, 5.41) is 5.44. The maximum atomic E-state index is 11.8. The van der Waals surface area contributed by atoms with Gasteiger partial charge in [0.2, 0.25) is 5.91 Å². The zero-order valence-corrected chi connectivity index (χ0v) is 11.8. The second-order valence-corrected chi connectivity index (χ2v) is 6.20. The first kappa shape index (κ1) is 13.5. The molecule has 1 saturated heterocycles. The van der Waals surface area contributed by atoms with Crippen molar-refractivity contribution in [2.24, 2.45) is 5.73 Å². The van der Waals surface area contributed by atoms with Gasteiger partial charge < -0.3 is 10.6 Å². The summed E-state index contributed by atoms with van der Waals surface area (Å²) in [7, 11) is 2.09. The van der Waals surface area contributed by atoms with Crippen LogP contribution in [0, 0.1) is 0 Å². The minimum atomic E-state index is -0.546. The smallest absolute Gasteiger partial charge is 0.237 e. The summed E-state index contributed by atoms with van der Waals surface area (Å²) in [6.07, 6.45) is 1.57. The van der Waals surface area contributed by atoms with Crippen LogP contribution >= 0.6 is 11.3 Å². The van der Waals surface area contributed by atoms with Gasteiger partial charge in [0.25, 0.3) is 0 Å². The molecular formula is C13H21N3OS. The highest BCUT2D eigenvalue weighted by Gasteiger charge is 2.41. The van der Waals surface area contributed by atoms with Crippen LogP contribution in [0.15, 0.2) is 17.5 Å². The molecule has 0 aromatic carbocycles. The van der Waals surface area contributed by atoms with Gasteiger partial charge in [0.1, 0.15) is 5.54 Å². The molecule has 2 heterocycles. The van der Waals surface area contributed by atoms with E-state index in [9.17, 15) is 4.79 Å². The van der Waals surface area contributed by atoms with E-state index in [0.29, 0.717) is 6.04 Å². The number of likely N-dealkylation sites (tertiary alicyclic amines) is 1. The highest BCUT2D eigenvalue weighted by molar-refractivity contribution is 7.09. The van der Waals surface area contributed by atoms with Crippen LogP contribution in [0.2, 0.25) is 0 Å². The minimum Gasteiger partial charge on any atom is -0.368 e. The van der Waals surface area contributed by atoms with Gasteiger partial charge in [0.15, 0.2) is 0 Å². The van der Waals surface area contributed by atoms with Crippen molar-refractivity contribution in [1.82, 2.24) is 10.2 Å². The first-order valence-electron chi connectivity index (χ1n) is 6.31. The van der Waals surface area contributed by atoms with E-state index in [-0.39, 0.29) is 5.91 Å². The van der Waals surface area contributed by atoms with Gasteiger partial charge in [-0.15, -0.1) is 11.3 Å². The molecule has 100 valence electrons. The average Bonchev–Trinajstić information content (AvgIpc) is 2.84. The van der Waals surface area contributed by atoms with Gasteiger partial charge in [-0.25, -0.2) is 0 Å². The van der Waals surface area contributed by atoms with Crippen molar-refractivity contribution in [1.29, 1.82) is 0 Å². The summed E-state index contributed by atoms with van der Waals surface area (Å²) in [5.41, 5.74) is 5.09. The van der Waals surface area contributed by atoms with E-state index in [0.717, 1.165) is 25.9 Å². The van der Waals surface area contributed by atoms with Crippen LogP contribution in [0.25, 0.3) is 0 Å². The normalized spacial score (nSPS) is 29.3. The molecule has 1 aliphatic rings. The molecule has 18 heavy (non-hydrogen) atoms. The standard InChI is InChI=1S/C13H21N3OS/c1-10-8-13(12(14)17,5-6-16(10)2)15-9-11-4-3-7-18-11/h3-4,7,10,15H,5-6,8-9H2,1-2H3,(H2,14,17). The van der Waals surface area contributed by atoms with Crippen LogP contribution in [0.1, 0.15) is 24.6 Å². The Morgan fingerprint density at radius 1 is 1.72 bits per heavy atom. The molecule has 0 bridgehead atoms. The fourth-order valence-corrected chi connectivity index (χ4v) is 3.14. The van der Waals surface area contributed by atoms with Crippen LogP contribution in [-0.2, 0) is 11.3 Å². The van der Waals surface area contributed by atoms with Gasteiger partial charge in [0.05, 0.1) is 0 Å². The summed E-state index contributed by atoms with van der Waals surface area (Å²) < 4.78 is 0. The van der Waals surface area contributed by atoms with E-state index in [1.165, 1.54) is 4.88 Å². The number of hydrogen-bond donors (Lipinski definition) is 2. The molecule has 0 aliphatic carbocycles. The number of primary amides is 1. The maximum absolute atomic E-state index is 11.8. The summed E-state index contributed by atoms with van der Waals surface area (Å²) in [6, 6.07) is 4.47. The highest BCUT2D eigenvalue weighted by Crippen LogP contribution is 2.26. The van der Waals surface area contributed by atoms with E-state index in [4.69, 9.17) is 5.73 Å². The van der Waals surface area contributed by atoms with Gasteiger partial charge in [0, 0.05) is 24.0 Å². The molecule has 1 aromatic heterocycles. The lowest BCUT2D eigenvalue weighted by molar-refractivity contribution is -0.127. The summed E-state index contributed by atoms with van der Waals surface area (Å²) in [4.78, 5) is 15.3. The Hall–Kier alpha value is -0.910. The first-order chi connectivity index (χ1) is 8.53. The Morgan fingerprint density at radius 3 is 3.06 bits per heavy atom. The predicted octanol–water partition coefficient (Wildman–Crippen LogP) is 1.18. The van der Waals surface area contributed by atoms with Crippen molar-refractivity contribution < 1.29 is 4.79 Å². The number of nitrogens with zero attached hydrogens (tertiary/aromatic N) is 1. The number of carbonyl (C=O) groups is 1. The number of thiophene rings is 1. The van der Waals surface area contributed by atoms with Gasteiger partial charge in [-0.2, -0.15) is 0 Å². The first-order valence-corrected chi connectivity index (χ1v) is 7.19. The Labute approximate surface area is 112 Å². The van der Waals surface area contributed by atoms with Crippen molar-refractivity contribution in [2.45, 2.75) is 37.9 Å². The third-order valence-electron chi connectivity index (χ3n) is 3.94. The number of piperidine rings is 1. The quantitative estimate of drug-likeness (QED) is 0.861. The Bertz CT molecular complexity index is 406. The van der Waals surface area contributed by atoms with Crippen LogP contribution in [0.4, 0.5) is 0 Å². The molecule has 2 atom stereocenters. The molecule has 0 spiro atoms. The minimum absolute atomic E-state index is 0.223. The van der Waals surface area contributed by atoms with E-state index >= 15 is 0 Å². The third kappa shape index (κ3) is 2.74. The molecule has 0 radical (unpaired) electrons. The second kappa shape index (κ2) is 5.38. The Balaban J connectivity index is 2.05. The number of rotatable bonds is 4. The van der Waals surface area contributed by atoms with Crippen molar-refractivity contribution >= 4 is 17.2 Å². The summed E-state index contributed by atoms with van der Waals surface area (Å²) in [6.45, 7) is 3.77. The monoisotopic (exact) mass is 267 g/mol. The van der Waals surface area contributed by atoms with Crippen LogP contribution in [-0.4, -0.2) is 36.0 Å². The van der Waals surface area contributed by atoms with Gasteiger partial charge in [-0.05, 0) is 38.3 Å². The molecule has 2 rings (SSSR count). The van der Waals surface area contributed by atoms with Crippen molar-refractivity contribution in [3.8, 4) is 0 Å². The Kier molecular flexibility index (Phi) is 4.04. The highest BCUT2D eigenvalue weighted by atomic mass is 32.1. The Morgan fingerprint density at radius 2 is 2.50 bits per heavy atom. The van der Waals surface area contributed by atoms with Crippen molar-refractivity contribution in [3.05, 3.63) is 22.4 Å². The lowest BCUT2D eigenvalue weighted by atomic mass is 9.83. The summed E-state index contributed by atoms with van der Waals surface area (Å²) >= 11 is 1.70. The largest absolute Gasteiger partial charge is 0.368 e.